The summed E-state index contributed by atoms with van der Waals surface area (Å²) >= 11 is 0. The van der Waals surface area contributed by atoms with Gasteiger partial charge in [0.05, 0.1) is 13.2 Å². The van der Waals surface area contributed by atoms with Gasteiger partial charge >= 0.3 is 0 Å². The highest BCUT2D eigenvalue weighted by Gasteiger charge is 2.02. The minimum atomic E-state index is -0.101. The minimum absolute atomic E-state index is 0.101. The summed E-state index contributed by atoms with van der Waals surface area (Å²) in [6, 6.07) is 7.26. The molecule has 1 aromatic rings. The van der Waals surface area contributed by atoms with Crippen molar-refractivity contribution in [1.29, 1.82) is 0 Å². The minimum Gasteiger partial charge on any atom is -0.491 e. The maximum Gasteiger partial charge on any atom is 0.238 e. The van der Waals surface area contributed by atoms with Gasteiger partial charge in [-0.15, -0.1) is 6.58 Å². The Labute approximate surface area is 113 Å². The van der Waals surface area contributed by atoms with E-state index in [4.69, 9.17) is 9.47 Å². The van der Waals surface area contributed by atoms with Crippen LogP contribution in [0.4, 0.5) is 5.69 Å². The van der Waals surface area contributed by atoms with Gasteiger partial charge in [0.15, 0.2) is 0 Å². The van der Waals surface area contributed by atoms with Gasteiger partial charge in [-0.3, -0.25) is 4.79 Å². The third kappa shape index (κ3) is 6.59. The van der Waals surface area contributed by atoms with Crippen LogP contribution in [0.15, 0.2) is 36.9 Å². The van der Waals surface area contributed by atoms with Gasteiger partial charge in [0, 0.05) is 25.4 Å². The Kier molecular flexibility index (Phi) is 7.31. The van der Waals surface area contributed by atoms with Crippen LogP contribution in [0.1, 0.15) is 0 Å². The van der Waals surface area contributed by atoms with E-state index in [1.807, 2.05) is 18.2 Å². The van der Waals surface area contributed by atoms with Crippen LogP contribution in [-0.4, -0.2) is 39.3 Å². The summed E-state index contributed by atoms with van der Waals surface area (Å²) in [7, 11) is 1.62. The number of carbonyl (C=O) groups is 1. The van der Waals surface area contributed by atoms with Crippen molar-refractivity contribution in [3.8, 4) is 5.75 Å². The lowest BCUT2D eigenvalue weighted by molar-refractivity contribution is -0.115. The van der Waals surface area contributed by atoms with E-state index in [1.54, 1.807) is 19.3 Å². The van der Waals surface area contributed by atoms with Crippen LogP contribution in [-0.2, 0) is 9.53 Å². The monoisotopic (exact) mass is 264 g/mol. The molecule has 0 spiro atoms. The number of benzene rings is 1. The van der Waals surface area contributed by atoms with Gasteiger partial charge in [-0.2, -0.15) is 0 Å². The molecule has 0 radical (unpaired) electrons. The molecule has 0 atom stereocenters. The highest BCUT2D eigenvalue weighted by atomic mass is 16.5. The Hall–Kier alpha value is -1.85. The number of nitrogens with one attached hydrogen (secondary N) is 2. The number of hydrogen-bond acceptors (Lipinski definition) is 4. The zero-order valence-electron chi connectivity index (χ0n) is 11.1. The predicted octanol–water partition coefficient (Wildman–Crippen LogP) is 1.43. The average molecular weight is 264 g/mol. The summed E-state index contributed by atoms with van der Waals surface area (Å²) in [5.74, 6) is 0.602. The molecule has 0 aromatic heterocycles. The zero-order valence-corrected chi connectivity index (χ0v) is 11.1. The van der Waals surface area contributed by atoms with Crippen molar-refractivity contribution in [3.63, 3.8) is 0 Å². The number of amides is 1. The van der Waals surface area contributed by atoms with Gasteiger partial charge < -0.3 is 20.1 Å². The molecule has 0 unspecified atom stereocenters. The molecule has 0 bridgehead atoms. The third-order valence-corrected chi connectivity index (χ3v) is 2.25. The summed E-state index contributed by atoms with van der Waals surface area (Å²) in [5.41, 5.74) is 0.709. The predicted molar refractivity (Wildman–Crippen MR) is 75.5 cm³/mol. The molecule has 1 amide bonds. The second-order valence-corrected chi connectivity index (χ2v) is 3.84. The maximum atomic E-state index is 11.6. The molecule has 0 saturated carbocycles. The molecule has 1 rings (SSSR count). The van der Waals surface area contributed by atoms with Crippen molar-refractivity contribution in [1.82, 2.24) is 5.32 Å². The molecule has 0 fully saturated rings. The molecule has 19 heavy (non-hydrogen) atoms. The van der Waals surface area contributed by atoms with Gasteiger partial charge in [0.1, 0.15) is 12.4 Å². The van der Waals surface area contributed by atoms with Crippen LogP contribution in [0, 0.1) is 0 Å². The molecule has 0 aliphatic carbocycles. The Morgan fingerprint density at radius 2 is 2.26 bits per heavy atom. The van der Waals surface area contributed by atoms with Crippen LogP contribution < -0.4 is 15.4 Å². The van der Waals surface area contributed by atoms with E-state index < -0.39 is 0 Å². The van der Waals surface area contributed by atoms with E-state index in [0.717, 1.165) is 0 Å². The second kappa shape index (κ2) is 9.13. The average Bonchev–Trinajstić information content (AvgIpc) is 2.40. The Morgan fingerprint density at radius 1 is 1.42 bits per heavy atom. The molecule has 2 N–H and O–H groups in total. The lowest BCUT2D eigenvalue weighted by atomic mass is 10.3. The fourth-order valence-electron chi connectivity index (χ4n) is 1.40. The van der Waals surface area contributed by atoms with Gasteiger partial charge in [0.2, 0.25) is 5.91 Å². The number of methoxy groups -OCH3 is 1. The summed E-state index contributed by atoms with van der Waals surface area (Å²) in [4.78, 5) is 11.6. The lowest BCUT2D eigenvalue weighted by Gasteiger charge is -2.09. The first-order valence-electron chi connectivity index (χ1n) is 6.09. The number of anilines is 1. The van der Waals surface area contributed by atoms with Crippen molar-refractivity contribution >= 4 is 11.6 Å². The second-order valence-electron chi connectivity index (χ2n) is 3.84. The summed E-state index contributed by atoms with van der Waals surface area (Å²) in [6.45, 7) is 5.43. The van der Waals surface area contributed by atoms with E-state index in [9.17, 15) is 4.79 Å². The SMILES string of the molecule is C=CCNCC(=O)Nc1cccc(OCCOC)c1. The van der Waals surface area contributed by atoms with Gasteiger partial charge in [-0.05, 0) is 12.1 Å². The Morgan fingerprint density at radius 3 is 3.00 bits per heavy atom. The van der Waals surface area contributed by atoms with E-state index in [2.05, 4.69) is 17.2 Å². The van der Waals surface area contributed by atoms with Crippen LogP contribution in [0.3, 0.4) is 0 Å². The van der Waals surface area contributed by atoms with Crippen LogP contribution in [0.2, 0.25) is 0 Å². The van der Waals surface area contributed by atoms with E-state index >= 15 is 0 Å². The summed E-state index contributed by atoms with van der Waals surface area (Å²) in [6.07, 6.45) is 1.71. The van der Waals surface area contributed by atoms with Crippen molar-refractivity contribution in [3.05, 3.63) is 36.9 Å². The summed E-state index contributed by atoms with van der Waals surface area (Å²) in [5, 5.41) is 5.72. The molecular weight excluding hydrogens is 244 g/mol. The van der Waals surface area contributed by atoms with Crippen molar-refractivity contribution < 1.29 is 14.3 Å². The smallest absolute Gasteiger partial charge is 0.238 e. The standard InChI is InChI=1S/C14H20N2O3/c1-3-7-15-11-14(17)16-12-5-4-6-13(10-12)19-9-8-18-2/h3-6,10,15H,1,7-9,11H2,2H3,(H,16,17). The molecule has 0 aliphatic heterocycles. The Balaban J connectivity index is 2.42. The van der Waals surface area contributed by atoms with E-state index in [-0.39, 0.29) is 12.5 Å². The highest BCUT2D eigenvalue weighted by Crippen LogP contribution is 2.17. The first-order chi connectivity index (χ1) is 9.26. The highest BCUT2D eigenvalue weighted by molar-refractivity contribution is 5.92. The molecular formula is C14H20N2O3. The fraction of sp³-hybridized carbons (Fsp3) is 0.357. The first kappa shape index (κ1) is 15.2. The van der Waals surface area contributed by atoms with E-state index in [1.165, 1.54) is 0 Å². The van der Waals surface area contributed by atoms with Crippen LogP contribution in [0.5, 0.6) is 5.75 Å². The molecule has 5 nitrogen and oxygen atoms in total. The number of ether oxygens (including phenoxy) is 2. The van der Waals surface area contributed by atoms with Gasteiger partial charge in [-0.25, -0.2) is 0 Å². The van der Waals surface area contributed by atoms with Crippen molar-refractivity contribution in [2.24, 2.45) is 0 Å². The van der Waals surface area contributed by atoms with Crippen molar-refractivity contribution in [2.75, 3.05) is 38.7 Å². The van der Waals surface area contributed by atoms with Gasteiger partial charge in [-0.1, -0.05) is 12.1 Å². The maximum absolute atomic E-state index is 11.6. The molecule has 0 heterocycles. The van der Waals surface area contributed by atoms with Crippen molar-refractivity contribution in [2.45, 2.75) is 0 Å². The van der Waals surface area contributed by atoms with Crippen LogP contribution in [0.25, 0.3) is 0 Å². The largest absolute Gasteiger partial charge is 0.491 e. The van der Waals surface area contributed by atoms with E-state index in [0.29, 0.717) is 31.2 Å². The van der Waals surface area contributed by atoms with Crippen LogP contribution >= 0.6 is 0 Å². The Bertz CT molecular complexity index is 407. The molecule has 0 aliphatic rings. The number of rotatable bonds is 9. The zero-order chi connectivity index (χ0) is 13.9. The third-order valence-electron chi connectivity index (χ3n) is 2.25. The molecule has 5 heteroatoms. The fourth-order valence-corrected chi connectivity index (χ4v) is 1.40. The number of carbonyl (C=O) groups excluding carboxylic acids is 1. The quantitative estimate of drug-likeness (QED) is 0.523. The molecule has 1 aromatic carbocycles. The lowest BCUT2D eigenvalue weighted by Crippen LogP contribution is -2.28. The summed E-state index contributed by atoms with van der Waals surface area (Å²) < 4.78 is 10.4. The number of hydrogen-bond donors (Lipinski definition) is 2. The van der Waals surface area contributed by atoms with Gasteiger partial charge in [0.25, 0.3) is 0 Å². The molecule has 0 saturated heterocycles. The normalized spacial score (nSPS) is 9.95. The molecule has 104 valence electrons. The topological polar surface area (TPSA) is 59.6 Å². The first-order valence-corrected chi connectivity index (χ1v) is 6.09.